The van der Waals surface area contributed by atoms with Gasteiger partial charge in [0.15, 0.2) is 0 Å². The van der Waals surface area contributed by atoms with Gasteiger partial charge in [-0.25, -0.2) is 4.79 Å². The highest BCUT2D eigenvalue weighted by molar-refractivity contribution is 6.04. The minimum Gasteiger partial charge on any atom is -0.353 e. The van der Waals surface area contributed by atoms with Gasteiger partial charge in [-0.05, 0) is 13.8 Å². The van der Waals surface area contributed by atoms with Crippen LogP contribution in [0.3, 0.4) is 0 Å². The molecule has 20 heavy (non-hydrogen) atoms. The molecule has 0 saturated carbocycles. The molecule has 1 fully saturated rings. The van der Waals surface area contributed by atoms with E-state index in [9.17, 15) is 4.79 Å². The number of piperazine rings is 1. The Balaban J connectivity index is 2.24. The molecule has 0 spiro atoms. The lowest BCUT2D eigenvalue weighted by molar-refractivity contribution is 0.246. The highest BCUT2D eigenvalue weighted by Crippen LogP contribution is 2.08. The Hall–Kier alpha value is -1.88. The topological polar surface area (TPSA) is 56.7 Å². The van der Waals surface area contributed by atoms with Crippen molar-refractivity contribution in [3.63, 3.8) is 0 Å². The first-order valence-electron chi connectivity index (χ1n) is 7.07. The molecule has 0 aromatic heterocycles. The maximum Gasteiger partial charge on any atom is 0.343 e. The molecule has 1 aromatic carbocycles. The van der Waals surface area contributed by atoms with Gasteiger partial charge in [-0.1, -0.05) is 30.3 Å². The number of rotatable bonds is 2. The molecule has 2 N–H and O–H groups in total. The number of aliphatic imine (C=N–C) groups is 1. The standard InChI is InChI=1S/C15H22N4O/c1-12(2)17-15(20)18-14(13-6-4-3-5-7-13)19-10-8-16-9-11-19/h3-7,12,16H,8-11H2,1-2H3,(H,17,20). The predicted molar refractivity (Wildman–Crippen MR) is 81.1 cm³/mol. The van der Waals surface area contributed by atoms with Gasteiger partial charge >= 0.3 is 6.03 Å². The Labute approximate surface area is 120 Å². The molecule has 0 aliphatic carbocycles. The van der Waals surface area contributed by atoms with Crippen molar-refractivity contribution in [1.82, 2.24) is 15.5 Å². The number of urea groups is 1. The molecule has 1 aliphatic heterocycles. The van der Waals surface area contributed by atoms with Crippen molar-refractivity contribution >= 4 is 11.9 Å². The van der Waals surface area contributed by atoms with Gasteiger partial charge in [0.05, 0.1) is 0 Å². The molecular weight excluding hydrogens is 252 g/mol. The molecule has 1 aliphatic rings. The quantitative estimate of drug-likeness (QED) is 0.634. The van der Waals surface area contributed by atoms with Crippen LogP contribution >= 0.6 is 0 Å². The van der Waals surface area contributed by atoms with Crippen LogP contribution in [0.5, 0.6) is 0 Å². The zero-order chi connectivity index (χ0) is 14.4. The third-order valence-corrected chi connectivity index (χ3v) is 3.07. The maximum atomic E-state index is 11.9. The van der Waals surface area contributed by atoms with Crippen molar-refractivity contribution in [3.8, 4) is 0 Å². The summed E-state index contributed by atoms with van der Waals surface area (Å²) >= 11 is 0. The third-order valence-electron chi connectivity index (χ3n) is 3.07. The zero-order valence-corrected chi connectivity index (χ0v) is 12.1. The molecule has 108 valence electrons. The van der Waals surface area contributed by atoms with Gasteiger partial charge in [0.2, 0.25) is 0 Å². The molecule has 2 rings (SSSR count). The van der Waals surface area contributed by atoms with Crippen LogP contribution in [-0.2, 0) is 0 Å². The Morgan fingerprint density at radius 3 is 2.50 bits per heavy atom. The fourth-order valence-corrected chi connectivity index (χ4v) is 2.16. The van der Waals surface area contributed by atoms with E-state index >= 15 is 0 Å². The highest BCUT2D eigenvalue weighted by atomic mass is 16.2. The van der Waals surface area contributed by atoms with E-state index in [4.69, 9.17) is 0 Å². The second-order valence-electron chi connectivity index (χ2n) is 5.14. The average Bonchev–Trinajstić information content (AvgIpc) is 2.46. The highest BCUT2D eigenvalue weighted by Gasteiger charge is 2.17. The molecular formula is C15H22N4O. The lowest BCUT2D eigenvalue weighted by Crippen LogP contribution is -2.47. The number of carbonyl (C=O) groups is 1. The van der Waals surface area contributed by atoms with Gasteiger partial charge in [0.25, 0.3) is 0 Å². The second kappa shape index (κ2) is 7.05. The molecule has 1 saturated heterocycles. The fourth-order valence-electron chi connectivity index (χ4n) is 2.16. The summed E-state index contributed by atoms with van der Waals surface area (Å²) in [6, 6.07) is 9.68. The van der Waals surface area contributed by atoms with E-state index in [2.05, 4.69) is 20.5 Å². The van der Waals surface area contributed by atoms with Gasteiger partial charge in [-0.15, -0.1) is 0 Å². The summed E-state index contributed by atoms with van der Waals surface area (Å²) in [5.41, 5.74) is 0.980. The average molecular weight is 274 g/mol. The Bertz CT molecular complexity index is 464. The fraction of sp³-hybridized carbons (Fsp3) is 0.467. The van der Waals surface area contributed by atoms with Gasteiger partial charge < -0.3 is 15.5 Å². The van der Waals surface area contributed by atoms with Gasteiger partial charge in [0, 0.05) is 37.8 Å². The molecule has 1 aromatic rings. The number of amidine groups is 1. The van der Waals surface area contributed by atoms with Crippen molar-refractivity contribution < 1.29 is 4.79 Å². The predicted octanol–water partition coefficient (Wildman–Crippen LogP) is 1.46. The lowest BCUT2D eigenvalue weighted by atomic mass is 10.2. The summed E-state index contributed by atoms with van der Waals surface area (Å²) in [5.74, 6) is 0.755. The maximum absolute atomic E-state index is 11.9. The molecule has 0 unspecified atom stereocenters. The van der Waals surface area contributed by atoms with Crippen molar-refractivity contribution in [3.05, 3.63) is 35.9 Å². The van der Waals surface area contributed by atoms with Crippen molar-refractivity contribution in [2.24, 2.45) is 4.99 Å². The molecule has 1 heterocycles. The van der Waals surface area contributed by atoms with Crippen LogP contribution in [0.4, 0.5) is 4.79 Å². The SMILES string of the molecule is CC(C)NC(=O)N=C(c1ccccc1)N1CCNCC1. The normalized spacial score (nSPS) is 16.4. The number of nitrogens with zero attached hydrogens (tertiary/aromatic N) is 2. The zero-order valence-electron chi connectivity index (χ0n) is 12.1. The number of hydrogen-bond acceptors (Lipinski definition) is 2. The van der Waals surface area contributed by atoms with Crippen LogP contribution in [0, 0.1) is 0 Å². The molecule has 0 atom stereocenters. The number of amides is 2. The molecule has 5 heteroatoms. The summed E-state index contributed by atoms with van der Waals surface area (Å²) in [7, 11) is 0. The first-order valence-corrected chi connectivity index (χ1v) is 7.07. The van der Waals surface area contributed by atoms with Crippen LogP contribution in [-0.4, -0.2) is 49.0 Å². The monoisotopic (exact) mass is 274 g/mol. The van der Waals surface area contributed by atoms with E-state index in [0.29, 0.717) is 0 Å². The van der Waals surface area contributed by atoms with Crippen LogP contribution in [0.2, 0.25) is 0 Å². The van der Waals surface area contributed by atoms with Gasteiger partial charge in [0.1, 0.15) is 5.84 Å². The smallest absolute Gasteiger partial charge is 0.343 e. The number of carbonyl (C=O) groups excluding carboxylic acids is 1. The summed E-state index contributed by atoms with van der Waals surface area (Å²) in [5, 5.41) is 6.12. The van der Waals surface area contributed by atoms with E-state index in [1.807, 2.05) is 44.2 Å². The summed E-state index contributed by atoms with van der Waals surface area (Å²) in [6.45, 7) is 7.42. The van der Waals surface area contributed by atoms with Crippen molar-refractivity contribution in [2.45, 2.75) is 19.9 Å². The molecule has 0 bridgehead atoms. The van der Waals surface area contributed by atoms with Crippen molar-refractivity contribution in [2.75, 3.05) is 26.2 Å². The Morgan fingerprint density at radius 1 is 1.25 bits per heavy atom. The minimum absolute atomic E-state index is 0.0892. The Kier molecular flexibility index (Phi) is 5.12. The summed E-state index contributed by atoms with van der Waals surface area (Å²) in [4.78, 5) is 18.4. The molecule has 2 amide bonds. The number of nitrogens with one attached hydrogen (secondary N) is 2. The number of benzene rings is 1. The van der Waals surface area contributed by atoms with E-state index in [1.54, 1.807) is 0 Å². The lowest BCUT2D eigenvalue weighted by Gasteiger charge is -2.30. The third kappa shape index (κ3) is 4.06. The summed E-state index contributed by atoms with van der Waals surface area (Å²) in [6.07, 6.45) is 0. The van der Waals surface area contributed by atoms with E-state index in [1.165, 1.54) is 0 Å². The molecule has 0 radical (unpaired) electrons. The minimum atomic E-state index is -0.280. The largest absolute Gasteiger partial charge is 0.353 e. The first kappa shape index (κ1) is 14.5. The van der Waals surface area contributed by atoms with Crippen LogP contribution < -0.4 is 10.6 Å². The number of hydrogen-bond donors (Lipinski definition) is 2. The Morgan fingerprint density at radius 2 is 1.90 bits per heavy atom. The van der Waals surface area contributed by atoms with Crippen LogP contribution in [0.15, 0.2) is 35.3 Å². The molecule has 5 nitrogen and oxygen atoms in total. The first-order chi connectivity index (χ1) is 9.66. The van der Waals surface area contributed by atoms with E-state index in [0.717, 1.165) is 37.6 Å². The van der Waals surface area contributed by atoms with E-state index in [-0.39, 0.29) is 12.1 Å². The van der Waals surface area contributed by atoms with Crippen LogP contribution in [0.1, 0.15) is 19.4 Å². The van der Waals surface area contributed by atoms with Crippen molar-refractivity contribution in [1.29, 1.82) is 0 Å². The second-order valence-corrected chi connectivity index (χ2v) is 5.14. The van der Waals surface area contributed by atoms with Gasteiger partial charge in [-0.2, -0.15) is 4.99 Å². The van der Waals surface area contributed by atoms with Crippen LogP contribution in [0.25, 0.3) is 0 Å². The summed E-state index contributed by atoms with van der Waals surface area (Å²) < 4.78 is 0. The van der Waals surface area contributed by atoms with Gasteiger partial charge in [-0.3, -0.25) is 0 Å². The van der Waals surface area contributed by atoms with E-state index < -0.39 is 0 Å².